The summed E-state index contributed by atoms with van der Waals surface area (Å²) in [4.78, 5) is 0. The Morgan fingerprint density at radius 3 is 2.60 bits per heavy atom. The minimum absolute atomic E-state index is 0.613. The molecule has 2 heteroatoms. The van der Waals surface area contributed by atoms with Crippen LogP contribution in [0.4, 0.5) is 0 Å². The lowest BCUT2D eigenvalue weighted by Crippen LogP contribution is -1.85. The number of methoxy groups -OCH3 is 1. The Hall–Kier alpha value is -1.47. The molecular weight excluding hydrogens is 208 g/mol. The third-order valence-electron chi connectivity index (χ3n) is 2.18. The fraction of sp³-hybridized carbons (Fsp3) is 0.0769. The zero-order valence-electron chi connectivity index (χ0n) is 8.33. The van der Waals surface area contributed by atoms with Crippen molar-refractivity contribution in [3.8, 4) is 16.9 Å². The molecule has 0 fully saturated rings. The van der Waals surface area contributed by atoms with Crippen LogP contribution in [0.15, 0.2) is 42.5 Å². The van der Waals surface area contributed by atoms with Crippen molar-refractivity contribution in [1.29, 1.82) is 0 Å². The lowest BCUT2D eigenvalue weighted by atomic mass is 10.1. The fourth-order valence-electron chi connectivity index (χ4n) is 1.41. The van der Waals surface area contributed by atoms with Crippen molar-refractivity contribution >= 4 is 11.6 Å². The molecule has 1 nitrogen and oxygen atoms in total. The molecule has 15 heavy (non-hydrogen) atoms. The quantitative estimate of drug-likeness (QED) is 0.743. The first kappa shape index (κ1) is 10.1. The summed E-state index contributed by atoms with van der Waals surface area (Å²) in [6.45, 7) is 0. The molecule has 0 spiro atoms. The normalized spacial score (nSPS) is 10.0. The molecule has 2 aromatic carbocycles. The molecule has 2 rings (SSSR count). The van der Waals surface area contributed by atoms with E-state index in [0.717, 1.165) is 16.9 Å². The zero-order chi connectivity index (χ0) is 10.7. The molecule has 0 unspecified atom stereocenters. The first-order valence-corrected chi connectivity index (χ1v) is 4.99. The molecule has 0 amide bonds. The Bertz CT molecular complexity index is 451. The van der Waals surface area contributed by atoms with Crippen LogP contribution < -0.4 is 4.74 Å². The molecule has 0 aliphatic carbocycles. The molecule has 2 aromatic rings. The highest BCUT2D eigenvalue weighted by Crippen LogP contribution is 2.30. The first-order chi connectivity index (χ1) is 7.31. The van der Waals surface area contributed by atoms with E-state index < -0.39 is 0 Å². The summed E-state index contributed by atoms with van der Waals surface area (Å²) in [5, 5.41) is 0.613. The minimum Gasteiger partial charge on any atom is -0.497 e. The fourth-order valence-corrected chi connectivity index (χ4v) is 1.62. The third kappa shape index (κ3) is 2.13. The number of hydrogen-bond donors (Lipinski definition) is 0. The Labute approximate surface area is 94.3 Å². The largest absolute Gasteiger partial charge is 0.497 e. The predicted octanol–water partition coefficient (Wildman–Crippen LogP) is 3.82. The van der Waals surface area contributed by atoms with Gasteiger partial charge in [-0.2, -0.15) is 0 Å². The standard InChI is InChI=1S/C13H10ClO/c1-15-11-7-8-13(14)12(9-11)10-5-3-2-4-6-10/h2-7,9H,1H3. The van der Waals surface area contributed by atoms with Crippen LogP contribution in [0.25, 0.3) is 11.1 Å². The van der Waals surface area contributed by atoms with Gasteiger partial charge >= 0.3 is 0 Å². The maximum atomic E-state index is 6.08. The van der Waals surface area contributed by atoms with Crippen molar-refractivity contribution in [2.45, 2.75) is 0 Å². The van der Waals surface area contributed by atoms with Crippen molar-refractivity contribution in [2.24, 2.45) is 0 Å². The summed E-state index contributed by atoms with van der Waals surface area (Å²) >= 11 is 6.08. The van der Waals surface area contributed by atoms with Crippen molar-refractivity contribution in [2.75, 3.05) is 7.11 Å². The van der Waals surface area contributed by atoms with Gasteiger partial charge in [-0.3, -0.25) is 0 Å². The summed E-state index contributed by atoms with van der Waals surface area (Å²) in [5.74, 6) is 0.762. The van der Waals surface area contributed by atoms with Gasteiger partial charge in [0.25, 0.3) is 0 Å². The molecule has 0 aliphatic rings. The van der Waals surface area contributed by atoms with Crippen LogP contribution in [0.3, 0.4) is 0 Å². The van der Waals surface area contributed by atoms with Gasteiger partial charge in [-0.15, -0.1) is 0 Å². The molecule has 75 valence electrons. The number of halogens is 1. The van der Waals surface area contributed by atoms with Crippen molar-refractivity contribution in [1.82, 2.24) is 0 Å². The van der Waals surface area contributed by atoms with Crippen molar-refractivity contribution < 1.29 is 4.74 Å². The van der Waals surface area contributed by atoms with E-state index in [1.807, 2.05) is 36.4 Å². The van der Waals surface area contributed by atoms with E-state index in [1.54, 1.807) is 13.2 Å². The monoisotopic (exact) mass is 217 g/mol. The highest BCUT2D eigenvalue weighted by atomic mass is 35.5. The van der Waals surface area contributed by atoms with Crippen LogP contribution in [0, 0.1) is 6.07 Å². The van der Waals surface area contributed by atoms with Gasteiger partial charge in [0.15, 0.2) is 0 Å². The van der Waals surface area contributed by atoms with Gasteiger partial charge in [0.1, 0.15) is 5.75 Å². The summed E-state index contributed by atoms with van der Waals surface area (Å²) in [6, 6.07) is 16.5. The molecule has 0 saturated heterocycles. The molecule has 1 radical (unpaired) electrons. The number of rotatable bonds is 2. The average molecular weight is 218 g/mol. The van der Waals surface area contributed by atoms with Crippen molar-refractivity contribution in [3.05, 3.63) is 53.6 Å². The highest BCUT2D eigenvalue weighted by Gasteiger charge is 2.04. The lowest BCUT2D eigenvalue weighted by Gasteiger charge is -2.06. The second kappa shape index (κ2) is 4.37. The number of hydrogen-bond acceptors (Lipinski definition) is 1. The molecule has 0 atom stereocenters. The van der Waals surface area contributed by atoms with E-state index in [0.29, 0.717) is 5.02 Å². The van der Waals surface area contributed by atoms with Gasteiger partial charge in [-0.1, -0.05) is 41.9 Å². The summed E-state index contributed by atoms with van der Waals surface area (Å²) in [5.41, 5.74) is 2.01. The maximum absolute atomic E-state index is 6.08. The van der Waals surface area contributed by atoms with Crippen LogP contribution in [0.5, 0.6) is 5.75 Å². The van der Waals surface area contributed by atoms with E-state index in [4.69, 9.17) is 16.3 Å². The Morgan fingerprint density at radius 2 is 1.93 bits per heavy atom. The van der Waals surface area contributed by atoms with Gasteiger partial charge in [-0.25, -0.2) is 0 Å². The van der Waals surface area contributed by atoms with E-state index in [2.05, 4.69) is 6.07 Å². The van der Waals surface area contributed by atoms with Gasteiger partial charge in [-0.05, 0) is 17.7 Å². The first-order valence-electron chi connectivity index (χ1n) is 4.62. The smallest absolute Gasteiger partial charge is 0.120 e. The SMILES string of the molecule is COc1c[c]c(Cl)c(-c2ccccc2)c1. The topological polar surface area (TPSA) is 9.23 Å². The summed E-state index contributed by atoms with van der Waals surface area (Å²) in [6.07, 6.45) is 0. The second-order valence-corrected chi connectivity index (χ2v) is 3.51. The zero-order valence-corrected chi connectivity index (χ0v) is 9.08. The predicted molar refractivity (Wildman–Crippen MR) is 62.3 cm³/mol. The highest BCUT2D eigenvalue weighted by molar-refractivity contribution is 6.33. The number of ether oxygens (including phenoxy) is 1. The van der Waals surface area contributed by atoms with E-state index in [1.165, 1.54) is 0 Å². The molecule has 0 saturated carbocycles. The van der Waals surface area contributed by atoms with Gasteiger partial charge in [0, 0.05) is 11.6 Å². The number of benzene rings is 2. The Morgan fingerprint density at radius 1 is 1.20 bits per heavy atom. The molecule has 0 aliphatic heterocycles. The van der Waals surface area contributed by atoms with E-state index >= 15 is 0 Å². The maximum Gasteiger partial charge on any atom is 0.120 e. The van der Waals surface area contributed by atoms with Gasteiger partial charge < -0.3 is 4.74 Å². The Kier molecular flexibility index (Phi) is 2.93. The molecule has 0 heterocycles. The van der Waals surface area contributed by atoms with Crippen LogP contribution in [0.1, 0.15) is 0 Å². The molecule has 0 aromatic heterocycles. The average Bonchev–Trinajstić information content (AvgIpc) is 2.31. The minimum atomic E-state index is 0.613. The van der Waals surface area contributed by atoms with Crippen molar-refractivity contribution in [3.63, 3.8) is 0 Å². The lowest BCUT2D eigenvalue weighted by molar-refractivity contribution is 0.415. The van der Waals surface area contributed by atoms with Gasteiger partial charge in [0.2, 0.25) is 0 Å². The third-order valence-corrected chi connectivity index (χ3v) is 2.50. The second-order valence-electron chi connectivity index (χ2n) is 3.13. The van der Waals surface area contributed by atoms with E-state index in [9.17, 15) is 0 Å². The molecule has 0 bridgehead atoms. The summed E-state index contributed by atoms with van der Waals surface area (Å²) < 4.78 is 5.14. The molecular formula is C13H10ClO. The van der Waals surface area contributed by atoms with Crippen LogP contribution in [-0.2, 0) is 0 Å². The molecule has 0 N–H and O–H groups in total. The summed E-state index contributed by atoms with van der Waals surface area (Å²) in [7, 11) is 1.63. The van der Waals surface area contributed by atoms with E-state index in [-0.39, 0.29) is 0 Å². The Balaban J connectivity index is 2.52. The van der Waals surface area contributed by atoms with Gasteiger partial charge in [0.05, 0.1) is 12.1 Å². The van der Waals surface area contributed by atoms with Crippen LogP contribution in [-0.4, -0.2) is 7.11 Å². The van der Waals surface area contributed by atoms with Crippen LogP contribution in [0.2, 0.25) is 5.02 Å². The van der Waals surface area contributed by atoms with Crippen LogP contribution >= 0.6 is 11.6 Å².